The third kappa shape index (κ3) is 2.70. The van der Waals surface area contributed by atoms with Crippen molar-refractivity contribution in [2.75, 3.05) is 10.6 Å². The summed E-state index contributed by atoms with van der Waals surface area (Å²) in [6.45, 7) is 0. The Morgan fingerprint density at radius 2 is 1.91 bits per heavy atom. The van der Waals surface area contributed by atoms with Crippen LogP contribution in [0.4, 0.5) is 16.2 Å². The number of fused-ring (bicyclic) bond motifs is 1. The maximum Gasteiger partial charge on any atom is 0.417 e. The second kappa shape index (κ2) is 5.17. The number of aromatic nitrogens is 1. The molecular weight excluding hydrogens is 290 g/mol. The first-order valence-electron chi connectivity index (χ1n) is 6.24. The molecule has 0 saturated heterocycles. The molecule has 0 aliphatic heterocycles. The largest absolute Gasteiger partial charge is 0.508 e. The molecule has 0 spiro atoms. The quantitative estimate of drug-likeness (QED) is 0.366. The first-order chi connectivity index (χ1) is 10.5. The number of H-pyrrole nitrogens is 1. The molecule has 5 N–H and O–H groups in total. The topological polar surface area (TPSA) is 128 Å². The molecule has 0 saturated carbocycles. The molecule has 2 aromatic carbocycles. The van der Waals surface area contributed by atoms with Crippen molar-refractivity contribution < 1.29 is 19.4 Å². The van der Waals surface area contributed by atoms with Crippen LogP contribution in [0.15, 0.2) is 45.6 Å². The number of aromatic amines is 1. The number of benzene rings is 2. The normalized spacial score (nSPS) is 10.5. The Labute approximate surface area is 123 Å². The lowest BCUT2D eigenvalue weighted by Gasteiger charge is -2.09. The van der Waals surface area contributed by atoms with Gasteiger partial charge in [0.25, 0.3) is 0 Å². The second-order valence-electron chi connectivity index (χ2n) is 4.51. The van der Waals surface area contributed by atoms with Crippen molar-refractivity contribution in [3.63, 3.8) is 0 Å². The fourth-order valence-corrected chi connectivity index (χ4v) is 1.93. The van der Waals surface area contributed by atoms with Gasteiger partial charge in [0.15, 0.2) is 5.58 Å². The average Bonchev–Trinajstić information content (AvgIpc) is 2.82. The number of phenols is 2. The minimum Gasteiger partial charge on any atom is -0.508 e. The molecule has 1 heterocycles. The molecule has 2 amide bonds. The molecule has 112 valence electrons. The number of hydrogen-bond acceptors (Lipinski definition) is 5. The van der Waals surface area contributed by atoms with E-state index in [-0.39, 0.29) is 17.2 Å². The van der Waals surface area contributed by atoms with E-state index in [2.05, 4.69) is 15.6 Å². The van der Waals surface area contributed by atoms with E-state index in [1.807, 2.05) is 0 Å². The number of oxazole rings is 1. The summed E-state index contributed by atoms with van der Waals surface area (Å²) in [4.78, 5) is 25.4. The number of phenolic OH excluding ortho intramolecular Hbond substituents is 2. The molecule has 3 aromatic rings. The Balaban J connectivity index is 1.77. The Bertz CT molecular complexity index is 912. The first kappa shape index (κ1) is 13.6. The van der Waals surface area contributed by atoms with E-state index in [1.54, 1.807) is 12.1 Å². The minimum absolute atomic E-state index is 0.0618. The van der Waals surface area contributed by atoms with Crippen LogP contribution in [0.2, 0.25) is 0 Å². The smallest absolute Gasteiger partial charge is 0.417 e. The van der Waals surface area contributed by atoms with Crippen LogP contribution in [0, 0.1) is 0 Å². The van der Waals surface area contributed by atoms with E-state index in [4.69, 9.17) is 4.42 Å². The zero-order chi connectivity index (χ0) is 15.7. The SMILES string of the molecule is O=C(Nc1ccc2[nH]c(=O)oc2c1)Nc1cc(O)ccc1O. The summed E-state index contributed by atoms with van der Waals surface area (Å²) in [6, 6.07) is 7.78. The van der Waals surface area contributed by atoms with E-state index < -0.39 is 11.8 Å². The van der Waals surface area contributed by atoms with Crippen molar-refractivity contribution in [3.05, 3.63) is 46.9 Å². The Morgan fingerprint density at radius 1 is 1.09 bits per heavy atom. The third-order valence-electron chi connectivity index (χ3n) is 2.91. The average molecular weight is 301 g/mol. The maximum absolute atomic E-state index is 11.9. The number of carbonyl (C=O) groups excluding carboxylic acids is 1. The van der Waals surface area contributed by atoms with E-state index in [0.29, 0.717) is 16.8 Å². The maximum atomic E-state index is 11.9. The van der Waals surface area contributed by atoms with Crippen LogP contribution in [0.1, 0.15) is 0 Å². The van der Waals surface area contributed by atoms with Gasteiger partial charge >= 0.3 is 11.8 Å². The fourth-order valence-electron chi connectivity index (χ4n) is 1.93. The molecular formula is C14H11N3O5. The molecule has 8 nitrogen and oxygen atoms in total. The van der Waals surface area contributed by atoms with Crippen molar-refractivity contribution in [1.82, 2.24) is 4.98 Å². The van der Waals surface area contributed by atoms with Crippen molar-refractivity contribution in [1.29, 1.82) is 0 Å². The number of urea groups is 1. The summed E-state index contributed by atoms with van der Waals surface area (Å²) in [5, 5.41) is 23.8. The molecule has 8 heteroatoms. The Kier molecular flexibility index (Phi) is 3.18. The van der Waals surface area contributed by atoms with E-state index >= 15 is 0 Å². The van der Waals surface area contributed by atoms with E-state index in [9.17, 15) is 19.8 Å². The first-order valence-corrected chi connectivity index (χ1v) is 6.24. The van der Waals surface area contributed by atoms with Crippen LogP contribution in [0.3, 0.4) is 0 Å². The number of aromatic hydroxyl groups is 2. The summed E-state index contributed by atoms with van der Waals surface area (Å²) >= 11 is 0. The highest BCUT2D eigenvalue weighted by Gasteiger charge is 2.09. The molecule has 0 bridgehead atoms. The molecule has 0 unspecified atom stereocenters. The molecule has 1 aromatic heterocycles. The van der Waals surface area contributed by atoms with Crippen LogP contribution in [0.25, 0.3) is 11.1 Å². The van der Waals surface area contributed by atoms with Gasteiger partial charge in [0.05, 0.1) is 11.2 Å². The lowest BCUT2D eigenvalue weighted by atomic mass is 10.2. The zero-order valence-electron chi connectivity index (χ0n) is 11.1. The lowest BCUT2D eigenvalue weighted by molar-refractivity contribution is 0.262. The van der Waals surface area contributed by atoms with Gasteiger partial charge in [-0.1, -0.05) is 0 Å². The van der Waals surface area contributed by atoms with Crippen molar-refractivity contribution >= 4 is 28.5 Å². The standard InChI is InChI=1S/C14H11N3O5/c18-8-2-4-11(19)10(6-8)16-13(20)15-7-1-3-9-12(5-7)22-14(21)17-9/h1-6,18-19H,(H,17,21)(H2,15,16,20). The zero-order valence-corrected chi connectivity index (χ0v) is 11.1. The van der Waals surface area contributed by atoms with Gasteiger partial charge in [-0.25, -0.2) is 9.59 Å². The summed E-state index contributed by atoms with van der Waals surface area (Å²) in [5.74, 6) is -0.857. The highest BCUT2D eigenvalue weighted by molar-refractivity contribution is 6.01. The minimum atomic E-state index is -0.627. The Hall–Kier alpha value is -3.42. The van der Waals surface area contributed by atoms with Crippen LogP contribution in [-0.2, 0) is 0 Å². The molecule has 0 atom stereocenters. The predicted octanol–water partition coefficient (Wildman–Crippen LogP) is 2.18. The molecule has 0 fully saturated rings. The van der Waals surface area contributed by atoms with Crippen molar-refractivity contribution in [2.45, 2.75) is 0 Å². The van der Waals surface area contributed by atoms with E-state index in [1.165, 1.54) is 24.3 Å². The van der Waals surface area contributed by atoms with Gasteiger partial charge in [-0.3, -0.25) is 4.98 Å². The van der Waals surface area contributed by atoms with Gasteiger partial charge in [0, 0.05) is 17.8 Å². The Morgan fingerprint density at radius 3 is 2.73 bits per heavy atom. The monoisotopic (exact) mass is 301 g/mol. The van der Waals surface area contributed by atoms with Gasteiger partial charge in [-0.05, 0) is 24.3 Å². The predicted molar refractivity (Wildman–Crippen MR) is 79.2 cm³/mol. The van der Waals surface area contributed by atoms with E-state index in [0.717, 1.165) is 0 Å². The molecule has 3 rings (SSSR count). The number of rotatable bonds is 2. The molecule has 0 radical (unpaired) electrons. The lowest BCUT2D eigenvalue weighted by Crippen LogP contribution is -2.19. The van der Waals surface area contributed by atoms with Crippen molar-refractivity contribution in [3.8, 4) is 11.5 Å². The van der Waals surface area contributed by atoms with Crippen LogP contribution in [0.5, 0.6) is 11.5 Å². The second-order valence-corrected chi connectivity index (χ2v) is 4.51. The number of carbonyl (C=O) groups is 1. The number of hydrogen-bond donors (Lipinski definition) is 5. The summed E-state index contributed by atoms with van der Waals surface area (Å²) < 4.78 is 4.89. The molecule has 22 heavy (non-hydrogen) atoms. The van der Waals surface area contributed by atoms with Gasteiger partial charge < -0.3 is 25.3 Å². The summed E-state index contributed by atoms with van der Waals surface area (Å²) in [7, 11) is 0. The highest BCUT2D eigenvalue weighted by Crippen LogP contribution is 2.27. The van der Waals surface area contributed by atoms with Crippen LogP contribution < -0.4 is 16.4 Å². The van der Waals surface area contributed by atoms with Crippen molar-refractivity contribution in [2.24, 2.45) is 0 Å². The van der Waals surface area contributed by atoms with Crippen LogP contribution in [-0.4, -0.2) is 21.2 Å². The highest BCUT2D eigenvalue weighted by atomic mass is 16.4. The number of nitrogens with one attached hydrogen (secondary N) is 3. The van der Waals surface area contributed by atoms with Gasteiger partial charge in [-0.15, -0.1) is 0 Å². The van der Waals surface area contributed by atoms with Gasteiger partial charge in [0.1, 0.15) is 11.5 Å². The van der Waals surface area contributed by atoms with Gasteiger partial charge in [0.2, 0.25) is 0 Å². The summed E-state index contributed by atoms with van der Waals surface area (Å²) in [5.41, 5.74) is 1.28. The van der Waals surface area contributed by atoms with Crippen LogP contribution >= 0.6 is 0 Å². The number of amides is 2. The van der Waals surface area contributed by atoms with Gasteiger partial charge in [-0.2, -0.15) is 0 Å². The summed E-state index contributed by atoms with van der Waals surface area (Å²) in [6.07, 6.45) is 0. The molecule has 0 aliphatic carbocycles. The fraction of sp³-hybridized carbons (Fsp3) is 0. The molecule has 0 aliphatic rings. The third-order valence-corrected chi connectivity index (χ3v) is 2.91. The number of anilines is 2.